The molecule has 27 heavy (non-hydrogen) atoms. The van der Waals surface area contributed by atoms with Crippen LogP contribution in [-0.2, 0) is 25.5 Å². The lowest BCUT2D eigenvalue weighted by molar-refractivity contribution is -0.142. The van der Waals surface area contributed by atoms with Crippen LogP contribution in [-0.4, -0.2) is 51.7 Å². The van der Waals surface area contributed by atoms with Crippen LogP contribution in [0, 0.1) is 0 Å². The van der Waals surface area contributed by atoms with Gasteiger partial charge < -0.3 is 14.0 Å². The lowest BCUT2D eigenvalue weighted by Crippen LogP contribution is -2.36. The molecule has 0 saturated heterocycles. The van der Waals surface area contributed by atoms with E-state index < -0.39 is 17.3 Å². The second kappa shape index (κ2) is 10.3. The monoisotopic (exact) mass is 398 g/mol. The van der Waals surface area contributed by atoms with E-state index in [2.05, 4.69) is 20.3 Å². The van der Waals surface area contributed by atoms with Crippen molar-refractivity contribution >= 4 is 29.7 Å². The summed E-state index contributed by atoms with van der Waals surface area (Å²) in [6.07, 6.45) is 4.58. The van der Waals surface area contributed by atoms with Gasteiger partial charge in [0.05, 0.1) is 19.0 Å². The van der Waals surface area contributed by atoms with Crippen molar-refractivity contribution in [2.24, 2.45) is 0 Å². The Morgan fingerprint density at radius 1 is 1.26 bits per heavy atom. The molecule has 1 heterocycles. The minimum absolute atomic E-state index is 0.0423. The fraction of sp³-hybridized carbons (Fsp3) is 0.706. The minimum atomic E-state index is -0.802. The highest BCUT2D eigenvalue weighted by Crippen LogP contribution is 2.34. The number of carbonyl (C=O) groups excluding carboxylic acids is 3. The first kappa shape index (κ1) is 21.2. The fourth-order valence-corrected chi connectivity index (χ4v) is 3.96. The summed E-state index contributed by atoms with van der Waals surface area (Å²) in [6, 6.07) is 0.191. The first-order chi connectivity index (χ1) is 13.0. The van der Waals surface area contributed by atoms with Crippen LogP contribution >= 0.6 is 11.8 Å². The Morgan fingerprint density at radius 2 is 1.96 bits per heavy atom. The number of nitrogens with one attached hydrogen (secondary N) is 1. The largest absolute Gasteiger partial charge is 0.466 e. The SMILES string of the molecule is CCOC(=O)Cc1nnc(S[C@H](C)C(=O)NC(=O)OC)n1C1CCCCC1. The third kappa shape index (κ3) is 5.95. The van der Waals surface area contributed by atoms with Crippen molar-refractivity contribution in [2.45, 2.75) is 68.8 Å². The van der Waals surface area contributed by atoms with E-state index in [9.17, 15) is 14.4 Å². The van der Waals surface area contributed by atoms with E-state index in [0.717, 1.165) is 25.7 Å². The average molecular weight is 398 g/mol. The Labute approximate surface area is 162 Å². The van der Waals surface area contributed by atoms with Gasteiger partial charge in [-0.25, -0.2) is 4.79 Å². The van der Waals surface area contributed by atoms with Crippen molar-refractivity contribution in [2.75, 3.05) is 13.7 Å². The molecular formula is C17H26N4O5S. The van der Waals surface area contributed by atoms with E-state index in [0.29, 0.717) is 17.6 Å². The summed E-state index contributed by atoms with van der Waals surface area (Å²) in [7, 11) is 1.20. The molecule has 1 aromatic heterocycles. The molecule has 0 bridgehead atoms. The summed E-state index contributed by atoms with van der Waals surface area (Å²) in [5.41, 5.74) is 0. The number of hydrogen-bond donors (Lipinski definition) is 1. The number of methoxy groups -OCH3 is 1. The van der Waals surface area contributed by atoms with Crippen LogP contribution in [0.2, 0.25) is 0 Å². The molecule has 1 aliphatic rings. The van der Waals surface area contributed by atoms with Gasteiger partial charge in [0.25, 0.3) is 0 Å². The van der Waals surface area contributed by atoms with Gasteiger partial charge in [-0.05, 0) is 26.7 Å². The van der Waals surface area contributed by atoms with E-state index in [4.69, 9.17) is 4.74 Å². The van der Waals surface area contributed by atoms with Crippen LogP contribution in [0.4, 0.5) is 4.79 Å². The first-order valence-corrected chi connectivity index (χ1v) is 9.99. The smallest absolute Gasteiger partial charge is 0.413 e. The molecule has 1 atom stereocenters. The molecule has 1 aliphatic carbocycles. The molecule has 1 N–H and O–H groups in total. The summed E-state index contributed by atoms with van der Waals surface area (Å²) in [6.45, 7) is 3.74. The molecule has 2 rings (SSSR count). The minimum Gasteiger partial charge on any atom is -0.466 e. The van der Waals surface area contributed by atoms with Crippen molar-refractivity contribution in [3.63, 3.8) is 0 Å². The Bertz CT molecular complexity index is 672. The molecular weight excluding hydrogens is 372 g/mol. The van der Waals surface area contributed by atoms with Gasteiger partial charge in [0, 0.05) is 6.04 Å². The van der Waals surface area contributed by atoms with Crippen LogP contribution in [0.25, 0.3) is 0 Å². The van der Waals surface area contributed by atoms with Crippen molar-refractivity contribution in [3.05, 3.63) is 5.82 Å². The molecule has 9 nitrogen and oxygen atoms in total. The summed E-state index contributed by atoms with van der Waals surface area (Å²) >= 11 is 1.20. The normalized spacial score (nSPS) is 15.8. The zero-order chi connectivity index (χ0) is 19.8. The number of imide groups is 1. The molecule has 10 heteroatoms. The number of aromatic nitrogens is 3. The number of alkyl carbamates (subject to hydrolysis) is 1. The van der Waals surface area contributed by atoms with Gasteiger partial charge in [0.15, 0.2) is 5.16 Å². The highest BCUT2D eigenvalue weighted by molar-refractivity contribution is 8.00. The molecule has 150 valence electrons. The molecule has 0 spiro atoms. The quantitative estimate of drug-likeness (QED) is 0.550. The molecule has 0 radical (unpaired) electrons. The number of hydrogen-bond acceptors (Lipinski definition) is 8. The lowest BCUT2D eigenvalue weighted by Gasteiger charge is -2.26. The highest BCUT2D eigenvalue weighted by atomic mass is 32.2. The maximum atomic E-state index is 12.1. The van der Waals surface area contributed by atoms with Gasteiger partial charge in [0.1, 0.15) is 12.2 Å². The molecule has 0 aromatic carbocycles. The van der Waals surface area contributed by atoms with E-state index in [1.807, 2.05) is 4.57 Å². The van der Waals surface area contributed by atoms with Gasteiger partial charge in [-0.3, -0.25) is 14.9 Å². The zero-order valence-corrected chi connectivity index (χ0v) is 16.7. The number of esters is 1. The van der Waals surface area contributed by atoms with Gasteiger partial charge >= 0.3 is 12.1 Å². The number of ether oxygens (including phenoxy) is 2. The van der Waals surface area contributed by atoms with E-state index in [-0.39, 0.29) is 18.4 Å². The molecule has 1 saturated carbocycles. The number of rotatable bonds is 7. The molecule has 0 aliphatic heterocycles. The molecule has 2 amide bonds. The predicted molar refractivity (Wildman–Crippen MR) is 98.3 cm³/mol. The van der Waals surface area contributed by atoms with Crippen molar-refractivity contribution in [3.8, 4) is 0 Å². The standard InChI is InChI=1S/C17H26N4O5S/c1-4-26-14(22)10-13-19-20-16(21(13)12-8-6-5-7-9-12)27-11(2)15(23)18-17(24)25-3/h11-12H,4-10H2,1-3H3,(H,18,23,24)/t11-/m1/s1. The van der Waals surface area contributed by atoms with Crippen LogP contribution in [0.15, 0.2) is 5.16 Å². The Balaban J connectivity index is 2.18. The van der Waals surface area contributed by atoms with Gasteiger partial charge in [-0.2, -0.15) is 0 Å². The number of nitrogens with zero attached hydrogens (tertiary/aromatic N) is 3. The van der Waals surface area contributed by atoms with Gasteiger partial charge in [0.2, 0.25) is 5.91 Å². The Kier molecular flexibility index (Phi) is 8.08. The topological polar surface area (TPSA) is 112 Å². The van der Waals surface area contributed by atoms with E-state index in [1.165, 1.54) is 25.3 Å². The molecule has 1 aromatic rings. The second-order valence-electron chi connectivity index (χ2n) is 6.28. The van der Waals surface area contributed by atoms with Crippen LogP contribution < -0.4 is 5.32 Å². The fourth-order valence-electron chi connectivity index (χ4n) is 3.02. The highest BCUT2D eigenvalue weighted by Gasteiger charge is 2.27. The van der Waals surface area contributed by atoms with E-state index in [1.54, 1.807) is 13.8 Å². The molecule has 1 fully saturated rings. The third-order valence-electron chi connectivity index (χ3n) is 4.34. The number of amides is 2. The van der Waals surface area contributed by atoms with Crippen molar-refractivity contribution in [1.29, 1.82) is 0 Å². The van der Waals surface area contributed by atoms with Crippen molar-refractivity contribution in [1.82, 2.24) is 20.1 Å². The average Bonchev–Trinajstić information content (AvgIpc) is 3.04. The summed E-state index contributed by atoms with van der Waals surface area (Å²) in [5.74, 6) is -0.282. The second-order valence-corrected chi connectivity index (χ2v) is 7.59. The Morgan fingerprint density at radius 3 is 2.59 bits per heavy atom. The summed E-state index contributed by atoms with van der Waals surface area (Å²) < 4.78 is 11.4. The number of thioether (sulfide) groups is 1. The maximum absolute atomic E-state index is 12.1. The van der Waals surface area contributed by atoms with Crippen molar-refractivity contribution < 1.29 is 23.9 Å². The maximum Gasteiger partial charge on any atom is 0.413 e. The van der Waals surface area contributed by atoms with Gasteiger partial charge in [-0.1, -0.05) is 31.0 Å². The van der Waals surface area contributed by atoms with Crippen LogP contribution in [0.5, 0.6) is 0 Å². The zero-order valence-electron chi connectivity index (χ0n) is 15.9. The van der Waals surface area contributed by atoms with Crippen LogP contribution in [0.3, 0.4) is 0 Å². The lowest BCUT2D eigenvalue weighted by atomic mass is 9.95. The molecule has 0 unspecified atom stereocenters. The predicted octanol–water partition coefficient (Wildman–Crippen LogP) is 2.25. The Hall–Kier alpha value is -2.10. The van der Waals surface area contributed by atoms with Crippen LogP contribution in [0.1, 0.15) is 57.8 Å². The van der Waals surface area contributed by atoms with Gasteiger partial charge in [-0.15, -0.1) is 10.2 Å². The van der Waals surface area contributed by atoms with E-state index >= 15 is 0 Å². The summed E-state index contributed by atoms with van der Waals surface area (Å²) in [5, 5.41) is 10.5. The number of carbonyl (C=O) groups is 3. The summed E-state index contributed by atoms with van der Waals surface area (Å²) in [4.78, 5) is 35.3. The third-order valence-corrected chi connectivity index (χ3v) is 5.40. The first-order valence-electron chi connectivity index (χ1n) is 9.11.